The van der Waals surface area contributed by atoms with E-state index in [9.17, 15) is 9.59 Å². The molecule has 0 heterocycles. The Labute approximate surface area is 90.6 Å². The van der Waals surface area contributed by atoms with Gasteiger partial charge in [0.2, 0.25) is 11.8 Å². The lowest BCUT2D eigenvalue weighted by Crippen LogP contribution is -2.34. The SMILES string of the molecule is CNC(=O)CCNC(=O)COC(C)(C)C. The van der Waals surface area contributed by atoms with Crippen molar-refractivity contribution in [3.63, 3.8) is 0 Å². The summed E-state index contributed by atoms with van der Waals surface area (Å²) in [6.45, 7) is 6.00. The molecule has 0 radical (unpaired) electrons. The zero-order chi connectivity index (χ0) is 11.9. The van der Waals surface area contributed by atoms with Crippen molar-refractivity contribution in [1.29, 1.82) is 0 Å². The van der Waals surface area contributed by atoms with Crippen LogP contribution in [-0.4, -0.2) is 37.6 Å². The van der Waals surface area contributed by atoms with Crippen molar-refractivity contribution in [2.75, 3.05) is 20.2 Å². The Kier molecular flexibility index (Phi) is 5.93. The third-order valence-corrected chi connectivity index (χ3v) is 1.59. The molecule has 0 unspecified atom stereocenters. The first-order valence-electron chi connectivity index (χ1n) is 4.96. The van der Waals surface area contributed by atoms with E-state index in [0.717, 1.165) is 0 Å². The molecule has 0 aliphatic carbocycles. The number of ether oxygens (including phenoxy) is 1. The third kappa shape index (κ3) is 9.21. The van der Waals surface area contributed by atoms with Crippen LogP contribution in [-0.2, 0) is 14.3 Å². The van der Waals surface area contributed by atoms with E-state index in [0.29, 0.717) is 6.54 Å². The second-order valence-electron chi connectivity index (χ2n) is 4.17. The maximum Gasteiger partial charge on any atom is 0.246 e. The van der Waals surface area contributed by atoms with Gasteiger partial charge < -0.3 is 15.4 Å². The van der Waals surface area contributed by atoms with E-state index in [1.165, 1.54) is 0 Å². The number of hydrogen-bond donors (Lipinski definition) is 2. The number of hydrogen-bond acceptors (Lipinski definition) is 3. The number of nitrogens with one attached hydrogen (secondary N) is 2. The van der Waals surface area contributed by atoms with Crippen molar-refractivity contribution < 1.29 is 14.3 Å². The number of rotatable bonds is 5. The first-order chi connectivity index (χ1) is 6.85. The smallest absolute Gasteiger partial charge is 0.246 e. The molecule has 0 bridgehead atoms. The largest absolute Gasteiger partial charge is 0.366 e. The summed E-state index contributed by atoms with van der Waals surface area (Å²) < 4.78 is 5.26. The summed E-state index contributed by atoms with van der Waals surface area (Å²) in [5.74, 6) is -0.291. The molecule has 0 saturated carbocycles. The van der Waals surface area contributed by atoms with Crippen LogP contribution in [0.4, 0.5) is 0 Å². The number of carbonyl (C=O) groups excluding carboxylic acids is 2. The molecule has 5 nitrogen and oxygen atoms in total. The topological polar surface area (TPSA) is 67.4 Å². The van der Waals surface area contributed by atoms with Crippen LogP contribution in [0.5, 0.6) is 0 Å². The van der Waals surface area contributed by atoms with Crippen LogP contribution < -0.4 is 10.6 Å². The average Bonchev–Trinajstić information content (AvgIpc) is 2.13. The van der Waals surface area contributed by atoms with E-state index in [4.69, 9.17) is 4.74 Å². The predicted molar refractivity (Wildman–Crippen MR) is 57.4 cm³/mol. The van der Waals surface area contributed by atoms with E-state index in [-0.39, 0.29) is 30.4 Å². The van der Waals surface area contributed by atoms with Crippen molar-refractivity contribution in [3.05, 3.63) is 0 Å². The summed E-state index contributed by atoms with van der Waals surface area (Å²) in [6, 6.07) is 0. The van der Waals surface area contributed by atoms with E-state index >= 15 is 0 Å². The predicted octanol–water partition coefficient (Wildman–Crippen LogP) is 0.0538. The van der Waals surface area contributed by atoms with E-state index in [1.807, 2.05) is 20.8 Å². The second-order valence-corrected chi connectivity index (χ2v) is 4.17. The minimum Gasteiger partial charge on any atom is -0.366 e. The van der Waals surface area contributed by atoms with Gasteiger partial charge in [0.1, 0.15) is 6.61 Å². The Morgan fingerprint density at radius 3 is 2.27 bits per heavy atom. The van der Waals surface area contributed by atoms with Crippen LogP contribution in [0.2, 0.25) is 0 Å². The van der Waals surface area contributed by atoms with Gasteiger partial charge in [-0.25, -0.2) is 0 Å². The fourth-order valence-electron chi connectivity index (χ4n) is 0.774. The highest BCUT2D eigenvalue weighted by atomic mass is 16.5. The van der Waals surface area contributed by atoms with E-state index in [2.05, 4.69) is 10.6 Å². The van der Waals surface area contributed by atoms with Crippen LogP contribution in [0, 0.1) is 0 Å². The molecule has 88 valence electrons. The van der Waals surface area contributed by atoms with Crippen LogP contribution in [0.15, 0.2) is 0 Å². The van der Waals surface area contributed by atoms with E-state index in [1.54, 1.807) is 7.05 Å². The summed E-state index contributed by atoms with van der Waals surface area (Å²) in [6.07, 6.45) is 0.289. The van der Waals surface area contributed by atoms with Crippen LogP contribution >= 0.6 is 0 Å². The van der Waals surface area contributed by atoms with Crippen molar-refractivity contribution in [2.24, 2.45) is 0 Å². The van der Waals surface area contributed by atoms with Crippen LogP contribution in [0.25, 0.3) is 0 Å². The molecule has 0 saturated heterocycles. The molecular formula is C10H20N2O3. The summed E-state index contributed by atoms with van der Waals surface area (Å²) in [5.41, 5.74) is -0.321. The summed E-state index contributed by atoms with van der Waals surface area (Å²) in [7, 11) is 1.56. The highest BCUT2D eigenvalue weighted by Gasteiger charge is 2.12. The number of amides is 2. The van der Waals surface area contributed by atoms with Gasteiger partial charge in [0, 0.05) is 20.0 Å². The van der Waals surface area contributed by atoms with Crippen molar-refractivity contribution >= 4 is 11.8 Å². The van der Waals surface area contributed by atoms with Crippen molar-refractivity contribution in [2.45, 2.75) is 32.8 Å². The molecule has 0 aromatic heterocycles. The zero-order valence-corrected chi connectivity index (χ0v) is 9.85. The molecule has 15 heavy (non-hydrogen) atoms. The molecule has 0 aromatic rings. The minimum absolute atomic E-state index is 0.0250. The average molecular weight is 216 g/mol. The standard InChI is InChI=1S/C10H20N2O3/c1-10(2,3)15-7-9(14)12-6-5-8(13)11-4/h5-7H2,1-4H3,(H,11,13)(H,12,14). The summed E-state index contributed by atoms with van der Waals surface area (Å²) >= 11 is 0. The van der Waals surface area contributed by atoms with Gasteiger partial charge in [-0.1, -0.05) is 0 Å². The fraction of sp³-hybridized carbons (Fsp3) is 0.800. The number of carbonyl (C=O) groups is 2. The molecule has 0 aromatic carbocycles. The second kappa shape index (κ2) is 6.40. The molecule has 0 fully saturated rings. The van der Waals surface area contributed by atoms with Crippen LogP contribution in [0.3, 0.4) is 0 Å². The lowest BCUT2D eigenvalue weighted by Gasteiger charge is -2.18. The van der Waals surface area contributed by atoms with Gasteiger partial charge in [-0.05, 0) is 20.8 Å². The Bertz CT molecular complexity index is 221. The first kappa shape index (κ1) is 13.9. The van der Waals surface area contributed by atoms with Crippen molar-refractivity contribution in [3.8, 4) is 0 Å². The molecule has 2 amide bonds. The maximum atomic E-state index is 11.2. The van der Waals surface area contributed by atoms with Crippen LogP contribution in [0.1, 0.15) is 27.2 Å². The summed E-state index contributed by atoms with van der Waals surface area (Å²) in [5, 5.41) is 5.07. The molecule has 2 N–H and O–H groups in total. The highest BCUT2D eigenvalue weighted by Crippen LogP contribution is 2.05. The zero-order valence-electron chi connectivity index (χ0n) is 9.85. The lowest BCUT2D eigenvalue weighted by molar-refractivity contribution is -0.130. The molecular weight excluding hydrogens is 196 g/mol. The molecule has 0 spiro atoms. The fourth-order valence-corrected chi connectivity index (χ4v) is 0.774. The third-order valence-electron chi connectivity index (χ3n) is 1.59. The van der Waals surface area contributed by atoms with Gasteiger partial charge in [0.05, 0.1) is 5.60 Å². The Balaban J connectivity index is 3.54. The van der Waals surface area contributed by atoms with Gasteiger partial charge in [0.15, 0.2) is 0 Å². The van der Waals surface area contributed by atoms with Gasteiger partial charge >= 0.3 is 0 Å². The first-order valence-corrected chi connectivity index (χ1v) is 4.96. The van der Waals surface area contributed by atoms with Gasteiger partial charge in [-0.2, -0.15) is 0 Å². The molecule has 0 atom stereocenters. The van der Waals surface area contributed by atoms with Gasteiger partial charge in [-0.15, -0.1) is 0 Å². The lowest BCUT2D eigenvalue weighted by atomic mass is 10.2. The molecule has 0 aliphatic heterocycles. The van der Waals surface area contributed by atoms with Crippen molar-refractivity contribution in [1.82, 2.24) is 10.6 Å². The Hall–Kier alpha value is -1.10. The minimum atomic E-state index is -0.321. The Morgan fingerprint density at radius 1 is 1.20 bits per heavy atom. The molecule has 0 rings (SSSR count). The van der Waals surface area contributed by atoms with Gasteiger partial charge in [-0.3, -0.25) is 9.59 Å². The van der Waals surface area contributed by atoms with Gasteiger partial charge in [0.25, 0.3) is 0 Å². The normalized spacial score (nSPS) is 10.9. The summed E-state index contributed by atoms with van der Waals surface area (Å²) in [4.78, 5) is 22.0. The molecule has 0 aliphatic rings. The highest BCUT2D eigenvalue weighted by molar-refractivity contribution is 5.79. The monoisotopic (exact) mass is 216 g/mol. The quantitative estimate of drug-likeness (QED) is 0.682. The van der Waals surface area contributed by atoms with E-state index < -0.39 is 0 Å². The maximum absolute atomic E-state index is 11.2. The Morgan fingerprint density at radius 2 is 1.80 bits per heavy atom. The molecule has 5 heteroatoms.